The summed E-state index contributed by atoms with van der Waals surface area (Å²) in [7, 11) is 0. The van der Waals surface area contributed by atoms with E-state index in [2.05, 4.69) is 55.0 Å². The molecule has 1 saturated heterocycles. The first-order valence-corrected chi connectivity index (χ1v) is 11.0. The van der Waals surface area contributed by atoms with Crippen molar-refractivity contribution in [2.45, 2.75) is 27.2 Å². The summed E-state index contributed by atoms with van der Waals surface area (Å²) >= 11 is 1.69. The average Bonchev–Trinajstić information content (AvgIpc) is 3.15. The molecule has 0 unspecified atom stereocenters. The lowest BCUT2D eigenvalue weighted by molar-refractivity contribution is 0.271. The molecule has 4 rings (SSSR count). The number of thiazole rings is 1. The largest absolute Gasteiger partial charge is 0.368 e. The highest BCUT2D eigenvalue weighted by molar-refractivity contribution is 7.15. The summed E-state index contributed by atoms with van der Waals surface area (Å²) < 4.78 is 0. The molecule has 1 aliphatic heterocycles. The Bertz CT molecular complexity index is 946. The smallest absolute Gasteiger partial charge is 0.228 e. The molecule has 1 N–H and O–H groups in total. The van der Waals surface area contributed by atoms with Gasteiger partial charge < -0.3 is 15.1 Å². The molecule has 0 spiro atoms. The number of nitrogens with zero attached hydrogens (tertiary/aromatic N) is 6. The number of nitrogens with one attached hydrogen (secondary N) is 1. The van der Waals surface area contributed by atoms with Gasteiger partial charge in [-0.05, 0) is 38.1 Å². The quantitative estimate of drug-likeness (QED) is 0.665. The Balaban J connectivity index is 1.45. The molecule has 0 radical (unpaired) electrons. The van der Waals surface area contributed by atoms with Crippen LogP contribution in [0.3, 0.4) is 0 Å². The Morgan fingerprint density at radius 3 is 2.52 bits per heavy atom. The molecular formula is C21H27N7S. The first kappa shape index (κ1) is 19.7. The minimum atomic E-state index is 0.546. The molecule has 0 amide bonds. The van der Waals surface area contributed by atoms with Gasteiger partial charge in [0.2, 0.25) is 5.95 Å². The highest BCUT2D eigenvalue weighted by Crippen LogP contribution is 2.29. The van der Waals surface area contributed by atoms with Crippen molar-refractivity contribution in [3.63, 3.8) is 0 Å². The molecule has 0 aliphatic carbocycles. The number of rotatable bonds is 6. The van der Waals surface area contributed by atoms with Crippen LogP contribution in [-0.4, -0.2) is 57.6 Å². The lowest BCUT2D eigenvalue weighted by Gasteiger charge is -2.35. The summed E-state index contributed by atoms with van der Waals surface area (Å²) in [5.41, 5.74) is 3.07. The normalized spacial score (nSPS) is 14.9. The van der Waals surface area contributed by atoms with Gasteiger partial charge in [0.05, 0.1) is 33.2 Å². The van der Waals surface area contributed by atoms with Crippen LogP contribution in [0.5, 0.6) is 0 Å². The van der Waals surface area contributed by atoms with Crippen LogP contribution in [0.2, 0.25) is 0 Å². The van der Waals surface area contributed by atoms with Gasteiger partial charge in [0, 0.05) is 32.4 Å². The van der Waals surface area contributed by atoms with Crippen LogP contribution in [0.15, 0.2) is 30.6 Å². The van der Waals surface area contributed by atoms with E-state index in [9.17, 15) is 0 Å². The van der Waals surface area contributed by atoms with E-state index in [0.29, 0.717) is 5.95 Å². The van der Waals surface area contributed by atoms with Crippen molar-refractivity contribution < 1.29 is 0 Å². The van der Waals surface area contributed by atoms with Crippen molar-refractivity contribution in [3.8, 4) is 10.6 Å². The molecule has 0 saturated carbocycles. The lowest BCUT2D eigenvalue weighted by atomic mass is 10.2. The van der Waals surface area contributed by atoms with Gasteiger partial charge in [0.1, 0.15) is 5.82 Å². The van der Waals surface area contributed by atoms with Crippen molar-refractivity contribution in [2.75, 3.05) is 42.9 Å². The van der Waals surface area contributed by atoms with Crippen molar-refractivity contribution in [1.29, 1.82) is 0 Å². The Hall–Kier alpha value is -2.58. The number of likely N-dealkylation sites (N-methyl/N-ethyl adjacent to an activating group) is 1. The topological polar surface area (TPSA) is 70.1 Å². The van der Waals surface area contributed by atoms with Crippen LogP contribution in [0.25, 0.3) is 10.6 Å². The maximum Gasteiger partial charge on any atom is 0.228 e. The summed E-state index contributed by atoms with van der Waals surface area (Å²) in [6.07, 6.45) is 4.64. The summed E-state index contributed by atoms with van der Waals surface area (Å²) in [6.45, 7) is 11.8. The zero-order valence-electron chi connectivity index (χ0n) is 17.2. The number of piperazine rings is 1. The third-order valence-electron chi connectivity index (χ3n) is 5.20. The number of hydrogen-bond acceptors (Lipinski definition) is 8. The van der Waals surface area contributed by atoms with Crippen molar-refractivity contribution in [1.82, 2.24) is 24.8 Å². The Morgan fingerprint density at radius 1 is 1.03 bits per heavy atom. The van der Waals surface area contributed by atoms with Crippen LogP contribution in [0.4, 0.5) is 17.5 Å². The van der Waals surface area contributed by atoms with Crippen molar-refractivity contribution in [2.24, 2.45) is 0 Å². The van der Waals surface area contributed by atoms with Crippen LogP contribution >= 0.6 is 11.3 Å². The molecule has 1 fully saturated rings. The molecule has 0 aromatic carbocycles. The fourth-order valence-electron chi connectivity index (χ4n) is 3.47. The van der Waals surface area contributed by atoms with Crippen LogP contribution < -0.4 is 10.2 Å². The van der Waals surface area contributed by atoms with E-state index in [1.807, 2.05) is 25.3 Å². The average molecular weight is 410 g/mol. The van der Waals surface area contributed by atoms with E-state index in [4.69, 9.17) is 0 Å². The van der Waals surface area contributed by atoms with Gasteiger partial charge in [-0.1, -0.05) is 13.8 Å². The zero-order valence-corrected chi connectivity index (χ0v) is 18.0. The molecule has 7 nitrogen and oxygen atoms in total. The van der Waals surface area contributed by atoms with E-state index >= 15 is 0 Å². The second kappa shape index (κ2) is 8.84. The monoisotopic (exact) mass is 409 g/mol. The third-order valence-corrected chi connectivity index (χ3v) is 6.53. The molecule has 8 heteroatoms. The first-order valence-electron chi connectivity index (χ1n) is 10.2. The molecule has 0 bridgehead atoms. The van der Waals surface area contributed by atoms with Crippen LogP contribution in [0, 0.1) is 6.92 Å². The third kappa shape index (κ3) is 4.54. The summed E-state index contributed by atoms with van der Waals surface area (Å²) in [6, 6.07) is 6.03. The second-order valence-corrected chi connectivity index (χ2v) is 8.17. The summed E-state index contributed by atoms with van der Waals surface area (Å²) in [4.78, 5) is 24.1. The van der Waals surface area contributed by atoms with Gasteiger partial charge in [0.25, 0.3) is 0 Å². The standard InChI is InChI=1S/C21H27N7S/c1-4-19-24-15(3)20(29-19)17-8-9-22-21(25-17)26-18-7-6-16(14-23-18)28-12-10-27(5-2)11-13-28/h6-9,14H,4-5,10-13H2,1-3H3,(H,22,23,25,26). The van der Waals surface area contributed by atoms with E-state index in [-0.39, 0.29) is 0 Å². The number of pyridine rings is 1. The van der Waals surface area contributed by atoms with Crippen molar-refractivity contribution in [3.05, 3.63) is 41.3 Å². The lowest BCUT2D eigenvalue weighted by Crippen LogP contribution is -2.46. The minimum absolute atomic E-state index is 0.546. The molecule has 3 aromatic heterocycles. The Labute approximate surface area is 175 Å². The fourth-order valence-corrected chi connectivity index (χ4v) is 4.44. The molecule has 152 valence electrons. The van der Waals surface area contributed by atoms with Gasteiger partial charge in [-0.25, -0.2) is 19.9 Å². The SMILES string of the molecule is CCc1nc(C)c(-c2ccnc(Nc3ccc(N4CCN(CC)CC4)cn3)n2)s1. The number of aryl methyl sites for hydroxylation is 2. The maximum absolute atomic E-state index is 4.67. The molecule has 1 aliphatic rings. The van der Waals surface area contributed by atoms with E-state index < -0.39 is 0 Å². The van der Waals surface area contributed by atoms with Gasteiger partial charge in [-0.15, -0.1) is 11.3 Å². The minimum Gasteiger partial charge on any atom is -0.368 e. The van der Waals surface area contributed by atoms with Crippen LogP contribution in [-0.2, 0) is 6.42 Å². The first-order chi connectivity index (χ1) is 14.2. The second-order valence-electron chi connectivity index (χ2n) is 7.09. The molecule has 29 heavy (non-hydrogen) atoms. The van der Waals surface area contributed by atoms with Gasteiger partial charge in [-0.3, -0.25) is 0 Å². The number of anilines is 3. The molecule has 0 atom stereocenters. The number of aromatic nitrogens is 4. The molecular weight excluding hydrogens is 382 g/mol. The number of hydrogen-bond donors (Lipinski definition) is 1. The molecule has 4 heterocycles. The Kier molecular flexibility index (Phi) is 6.01. The summed E-state index contributed by atoms with van der Waals surface area (Å²) in [5.74, 6) is 1.29. The van der Waals surface area contributed by atoms with Gasteiger partial charge in [-0.2, -0.15) is 0 Å². The van der Waals surface area contributed by atoms with Crippen LogP contribution in [0.1, 0.15) is 24.5 Å². The van der Waals surface area contributed by atoms with E-state index in [1.54, 1.807) is 17.5 Å². The van der Waals surface area contributed by atoms with Gasteiger partial charge in [0.15, 0.2) is 0 Å². The zero-order chi connectivity index (χ0) is 20.2. The predicted molar refractivity (Wildman–Crippen MR) is 119 cm³/mol. The van der Waals surface area contributed by atoms with E-state index in [1.165, 1.54) is 0 Å². The molecule has 3 aromatic rings. The van der Waals surface area contributed by atoms with Gasteiger partial charge >= 0.3 is 0 Å². The van der Waals surface area contributed by atoms with E-state index in [0.717, 1.165) is 71.9 Å². The Morgan fingerprint density at radius 2 is 1.86 bits per heavy atom. The highest BCUT2D eigenvalue weighted by atomic mass is 32.1. The maximum atomic E-state index is 4.67. The summed E-state index contributed by atoms with van der Waals surface area (Å²) in [5, 5.41) is 4.35. The highest BCUT2D eigenvalue weighted by Gasteiger charge is 2.16. The van der Waals surface area contributed by atoms with Crippen molar-refractivity contribution >= 4 is 28.8 Å². The fraction of sp³-hybridized carbons (Fsp3) is 0.429. The predicted octanol–water partition coefficient (Wildman–Crippen LogP) is 3.75.